The van der Waals surface area contributed by atoms with E-state index in [1.54, 1.807) is 0 Å². The summed E-state index contributed by atoms with van der Waals surface area (Å²) in [5.74, 6) is 1.92. The molecule has 0 aliphatic rings. The Morgan fingerprint density at radius 1 is 0.720 bits per heavy atom. The summed E-state index contributed by atoms with van der Waals surface area (Å²) in [7, 11) is 0. The van der Waals surface area contributed by atoms with Gasteiger partial charge in [0.25, 0.3) is 0 Å². The lowest BCUT2D eigenvalue weighted by atomic mass is 9.98. The van der Waals surface area contributed by atoms with Crippen molar-refractivity contribution >= 4 is 33.3 Å². The maximum atomic E-state index is 8.90. The Labute approximate surface area is 151 Å². The first-order chi connectivity index (χ1) is 12.3. The van der Waals surface area contributed by atoms with Crippen molar-refractivity contribution in [3.05, 3.63) is 95.6 Å². The number of hydrogen-bond donors (Lipinski definition) is 0. The van der Waals surface area contributed by atoms with Gasteiger partial charge >= 0.3 is 0 Å². The van der Waals surface area contributed by atoms with Gasteiger partial charge in [0.05, 0.1) is 11.6 Å². The van der Waals surface area contributed by atoms with Crippen molar-refractivity contribution in [2.75, 3.05) is 0 Å². The Kier molecular flexibility index (Phi) is 4.41. The van der Waals surface area contributed by atoms with Crippen molar-refractivity contribution in [1.29, 1.82) is 5.26 Å². The fraction of sp³-hybridized carbons (Fsp3) is 0.0870. The Hall–Kier alpha value is -2.76. The first-order valence-electron chi connectivity index (χ1n) is 8.31. The molecule has 25 heavy (non-hydrogen) atoms. The van der Waals surface area contributed by atoms with Crippen LogP contribution in [-0.2, 0) is 11.5 Å². The largest absolute Gasteiger partial charge is 0.192 e. The van der Waals surface area contributed by atoms with E-state index in [-0.39, 0.29) is 0 Å². The van der Waals surface area contributed by atoms with E-state index in [4.69, 9.17) is 5.26 Å². The Bertz CT molecular complexity index is 1020. The van der Waals surface area contributed by atoms with E-state index in [0.717, 1.165) is 11.5 Å². The molecule has 4 rings (SSSR count). The van der Waals surface area contributed by atoms with E-state index < -0.39 is 0 Å². The van der Waals surface area contributed by atoms with Crippen LogP contribution < -0.4 is 0 Å². The molecule has 2 heteroatoms. The zero-order chi connectivity index (χ0) is 17.1. The van der Waals surface area contributed by atoms with Crippen LogP contribution in [-0.4, -0.2) is 0 Å². The van der Waals surface area contributed by atoms with E-state index in [9.17, 15) is 0 Å². The number of nitriles is 1. The van der Waals surface area contributed by atoms with Crippen molar-refractivity contribution < 1.29 is 0 Å². The third-order valence-electron chi connectivity index (χ3n) is 4.48. The molecule has 120 valence electrons. The standard InChI is InChI=1S/C23H17NS/c24-14-17-9-11-18(12-10-17)15-25-16-23-21-7-3-1-5-19(21)13-20-6-2-4-8-22(20)23/h1-13H,15-16H2. The Morgan fingerprint density at radius 2 is 1.32 bits per heavy atom. The van der Waals surface area contributed by atoms with Crippen LogP contribution in [0, 0.1) is 11.3 Å². The van der Waals surface area contributed by atoms with E-state index in [1.807, 2.05) is 36.0 Å². The molecule has 0 atom stereocenters. The summed E-state index contributed by atoms with van der Waals surface area (Å²) in [6.07, 6.45) is 0. The summed E-state index contributed by atoms with van der Waals surface area (Å²) >= 11 is 1.92. The molecule has 0 bridgehead atoms. The number of thioether (sulfide) groups is 1. The lowest BCUT2D eigenvalue weighted by molar-refractivity contribution is 1.38. The molecule has 0 N–H and O–H groups in total. The van der Waals surface area contributed by atoms with Crippen LogP contribution in [0.2, 0.25) is 0 Å². The highest BCUT2D eigenvalue weighted by Gasteiger charge is 2.07. The van der Waals surface area contributed by atoms with Gasteiger partial charge in [0.2, 0.25) is 0 Å². The van der Waals surface area contributed by atoms with Gasteiger partial charge in [-0.15, -0.1) is 0 Å². The van der Waals surface area contributed by atoms with Gasteiger partial charge in [-0.05, 0) is 50.9 Å². The molecule has 0 saturated heterocycles. The van der Waals surface area contributed by atoms with Crippen LogP contribution in [0.3, 0.4) is 0 Å². The second-order valence-corrected chi connectivity index (χ2v) is 7.08. The van der Waals surface area contributed by atoms with Crippen LogP contribution in [0.1, 0.15) is 16.7 Å². The molecule has 0 fully saturated rings. The maximum absolute atomic E-state index is 8.90. The normalized spacial score (nSPS) is 10.8. The summed E-state index contributed by atoms with van der Waals surface area (Å²) in [4.78, 5) is 0. The monoisotopic (exact) mass is 339 g/mol. The lowest BCUT2D eigenvalue weighted by Crippen LogP contribution is -1.89. The van der Waals surface area contributed by atoms with Crippen LogP contribution >= 0.6 is 11.8 Å². The molecule has 0 spiro atoms. The van der Waals surface area contributed by atoms with E-state index in [2.05, 4.69) is 60.7 Å². The molecular weight excluding hydrogens is 322 g/mol. The van der Waals surface area contributed by atoms with Gasteiger partial charge in [-0.1, -0.05) is 60.7 Å². The molecule has 4 aromatic rings. The molecule has 0 radical (unpaired) electrons. The van der Waals surface area contributed by atoms with E-state index in [1.165, 1.54) is 32.7 Å². The van der Waals surface area contributed by atoms with Gasteiger partial charge in [0.1, 0.15) is 0 Å². The smallest absolute Gasteiger partial charge is 0.0991 e. The quantitative estimate of drug-likeness (QED) is 0.407. The zero-order valence-corrected chi connectivity index (χ0v) is 14.6. The highest BCUT2D eigenvalue weighted by atomic mass is 32.2. The fourth-order valence-electron chi connectivity index (χ4n) is 3.21. The predicted octanol–water partition coefficient (Wildman–Crippen LogP) is 6.30. The predicted molar refractivity (Wildman–Crippen MR) is 108 cm³/mol. The summed E-state index contributed by atoms with van der Waals surface area (Å²) in [5.41, 5.74) is 3.38. The third kappa shape index (κ3) is 3.24. The van der Waals surface area contributed by atoms with Gasteiger partial charge in [-0.3, -0.25) is 0 Å². The van der Waals surface area contributed by atoms with Crippen LogP contribution in [0.15, 0.2) is 78.9 Å². The number of fused-ring (bicyclic) bond motifs is 2. The van der Waals surface area contributed by atoms with Gasteiger partial charge in [0, 0.05) is 11.5 Å². The molecule has 0 aromatic heterocycles. The molecule has 0 aliphatic heterocycles. The first kappa shape index (κ1) is 15.7. The summed E-state index contributed by atoms with van der Waals surface area (Å²) in [6.45, 7) is 0. The lowest BCUT2D eigenvalue weighted by Gasteiger charge is -2.11. The van der Waals surface area contributed by atoms with Crippen molar-refractivity contribution in [3.63, 3.8) is 0 Å². The maximum Gasteiger partial charge on any atom is 0.0991 e. The fourth-order valence-corrected chi connectivity index (χ4v) is 4.26. The average molecular weight is 339 g/mol. The van der Waals surface area contributed by atoms with E-state index in [0.29, 0.717) is 5.56 Å². The van der Waals surface area contributed by atoms with Gasteiger partial charge in [-0.2, -0.15) is 17.0 Å². The minimum atomic E-state index is 0.716. The third-order valence-corrected chi connectivity index (χ3v) is 5.51. The highest BCUT2D eigenvalue weighted by molar-refractivity contribution is 7.97. The molecule has 0 aliphatic carbocycles. The second-order valence-electron chi connectivity index (χ2n) is 6.10. The molecule has 0 amide bonds. The molecule has 4 aromatic carbocycles. The highest BCUT2D eigenvalue weighted by Crippen LogP contribution is 2.32. The van der Waals surface area contributed by atoms with Gasteiger partial charge in [0.15, 0.2) is 0 Å². The number of rotatable bonds is 4. The number of hydrogen-bond acceptors (Lipinski definition) is 2. The zero-order valence-electron chi connectivity index (χ0n) is 13.8. The Balaban J connectivity index is 1.64. The van der Waals surface area contributed by atoms with Gasteiger partial charge < -0.3 is 0 Å². The minimum absolute atomic E-state index is 0.716. The summed E-state index contributed by atoms with van der Waals surface area (Å²) in [6, 6.07) is 29.6. The number of benzene rings is 4. The Morgan fingerprint density at radius 3 is 1.92 bits per heavy atom. The number of nitrogens with zero attached hydrogens (tertiary/aromatic N) is 1. The second kappa shape index (κ2) is 7.01. The molecule has 0 heterocycles. The molecular formula is C23H17NS. The SMILES string of the molecule is N#Cc1ccc(CSCc2c3ccccc3cc3ccccc23)cc1. The van der Waals surface area contributed by atoms with Crippen LogP contribution in [0.25, 0.3) is 21.5 Å². The van der Waals surface area contributed by atoms with Crippen LogP contribution in [0.4, 0.5) is 0 Å². The topological polar surface area (TPSA) is 23.8 Å². The van der Waals surface area contributed by atoms with E-state index >= 15 is 0 Å². The summed E-state index contributed by atoms with van der Waals surface area (Å²) in [5, 5.41) is 14.2. The van der Waals surface area contributed by atoms with Crippen molar-refractivity contribution in [2.45, 2.75) is 11.5 Å². The minimum Gasteiger partial charge on any atom is -0.192 e. The van der Waals surface area contributed by atoms with Crippen molar-refractivity contribution in [1.82, 2.24) is 0 Å². The van der Waals surface area contributed by atoms with Crippen molar-refractivity contribution in [3.8, 4) is 6.07 Å². The van der Waals surface area contributed by atoms with Gasteiger partial charge in [-0.25, -0.2) is 0 Å². The first-order valence-corrected chi connectivity index (χ1v) is 9.47. The average Bonchev–Trinajstić information content (AvgIpc) is 2.68. The van der Waals surface area contributed by atoms with Crippen LogP contribution in [0.5, 0.6) is 0 Å². The summed E-state index contributed by atoms with van der Waals surface area (Å²) < 4.78 is 0. The van der Waals surface area contributed by atoms with Crippen molar-refractivity contribution in [2.24, 2.45) is 0 Å². The molecule has 0 saturated carbocycles. The molecule has 1 nitrogen and oxygen atoms in total. The molecule has 0 unspecified atom stereocenters.